The Morgan fingerprint density at radius 3 is 2.46 bits per heavy atom. The van der Waals surface area contributed by atoms with Crippen LogP contribution in [0.15, 0.2) is 42.7 Å². The highest BCUT2D eigenvalue weighted by Gasteiger charge is 2.22. The molecule has 132 valence electrons. The van der Waals surface area contributed by atoms with Gasteiger partial charge in [-0.2, -0.15) is 0 Å². The summed E-state index contributed by atoms with van der Waals surface area (Å²) in [5, 5.41) is 2.61. The van der Waals surface area contributed by atoms with Gasteiger partial charge in [-0.25, -0.2) is 18.2 Å². The molecule has 0 aliphatic carbocycles. The predicted octanol–water partition coefficient (Wildman–Crippen LogP) is 4.05. The van der Waals surface area contributed by atoms with E-state index >= 15 is 0 Å². The van der Waals surface area contributed by atoms with Crippen LogP contribution in [-0.4, -0.2) is 15.9 Å². The van der Waals surface area contributed by atoms with Gasteiger partial charge in [0.25, 0.3) is 5.91 Å². The Bertz CT molecular complexity index is 993. The largest absolute Gasteiger partial charge is 0.397 e. The number of aromatic nitrogens is 2. The number of rotatable bonds is 3. The third-order valence-corrected chi connectivity index (χ3v) is 3.77. The van der Waals surface area contributed by atoms with E-state index in [-0.39, 0.29) is 16.4 Å². The number of nitrogen functional groups attached to an aromatic ring is 1. The highest BCUT2D eigenvalue weighted by atomic mass is 35.5. The van der Waals surface area contributed by atoms with Crippen LogP contribution in [0.5, 0.6) is 0 Å². The molecular formula is C17H10ClF3N4O. The van der Waals surface area contributed by atoms with E-state index in [9.17, 15) is 18.0 Å². The van der Waals surface area contributed by atoms with Crippen molar-refractivity contribution in [2.45, 2.75) is 0 Å². The number of carbonyl (C=O) groups is 1. The SMILES string of the molecule is Nc1cc(F)c(-c2c(F)cccc2F)nc1C(=O)Nc1cnccc1Cl. The molecule has 0 bridgehead atoms. The number of halogens is 4. The van der Waals surface area contributed by atoms with Crippen molar-refractivity contribution in [3.63, 3.8) is 0 Å². The molecule has 3 aromatic rings. The molecule has 26 heavy (non-hydrogen) atoms. The van der Waals surface area contributed by atoms with Crippen molar-refractivity contribution in [1.29, 1.82) is 0 Å². The summed E-state index contributed by atoms with van der Waals surface area (Å²) in [5.41, 5.74) is 3.72. The topological polar surface area (TPSA) is 80.9 Å². The average molecular weight is 379 g/mol. The van der Waals surface area contributed by atoms with Gasteiger partial charge in [-0.3, -0.25) is 9.78 Å². The number of hydrogen-bond donors (Lipinski definition) is 2. The normalized spacial score (nSPS) is 10.6. The van der Waals surface area contributed by atoms with Crippen LogP contribution in [0.3, 0.4) is 0 Å². The maximum absolute atomic E-state index is 14.2. The molecule has 9 heteroatoms. The molecule has 0 fully saturated rings. The van der Waals surface area contributed by atoms with Crippen molar-refractivity contribution in [3.05, 3.63) is 70.9 Å². The minimum absolute atomic E-state index is 0.170. The molecule has 3 N–H and O–H groups in total. The molecule has 1 amide bonds. The monoisotopic (exact) mass is 378 g/mol. The summed E-state index contributed by atoms with van der Waals surface area (Å²) in [4.78, 5) is 19.9. The van der Waals surface area contributed by atoms with Crippen LogP contribution in [0, 0.1) is 17.5 Å². The second-order valence-corrected chi connectivity index (χ2v) is 5.57. The smallest absolute Gasteiger partial charge is 0.276 e. The van der Waals surface area contributed by atoms with E-state index in [0.29, 0.717) is 0 Å². The fourth-order valence-electron chi connectivity index (χ4n) is 2.24. The lowest BCUT2D eigenvalue weighted by Crippen LogP contribution is -2.17. The van der Waals surface area contributed by atoms with Crippen molar-refractivity contribution >= 4 is 28.9 Å². The van der Waals surface area contributed by atoms with Crippen molar-refractivity contribution in [1.82, 2.24) is 9.97 Å². The number of amides is 1. The summed E-state index contributed by atoms with van der Waals surface area (Å²) in [7, 11) is 0. The summed E-state index contributed by atoms with van der Waals surface area (Å²) in [6, 6.07) is 5.24. The Labute approximate surface area is 150 Å². The first-order valence-corrected chi connectivity index (χ1v) is 7.57. The Morgan fingerprint density at radius 2 is 1.81 bits per heavy atom. The molecule has 0 radical (unpaired) electrons. The Kier molecular flexibility index (Phi) is 4.77. The fraction of sp³-hybridized carbons (Fsp3) is 0. The Morgan fingerprint density at radius 1 is 1.12 bits per heavy atom. The molecule has 2 heterocycles. The maximum Gasteiger partial charge on any atom is 0.276 e. The van der Waals surface area contributed by atoms with E-state index in [1.54, 1.807) is 0 Å². The molecule has 2 aromatic heterocycles. The standard InChI is InChI=1S/C17H10ClF3N4O/c18-8-4-5-23-7-13(8)24-17(26)16-12(22)6-11(21)15(25-16)14-9(19)2-1-3-10(14)20/h1-7H,22H2,(H,24,26). The fourth-order valence-corrected chi connectivity index (χ4v) is 2.39. The first-order chi connectivity index (χ1) is 12.4. The lowest BCUT2D eigenvalue weighted by Gasteiger charge is -2.11. The molecule has 0 spiro atoms. The summed E-state index contributed by atoms with van der Waals surface area (Å²) in [6.07, 6.45) is 2.71. The van der Waals surface area contributed by atoms with Crippen molar-refractivity contribution < 1.29 is 18.0 Å². The van der Waals surface area contributed by atoms with E-state index in [1.165, 1.54) is 18.5 Å². The minimum Gasteiger partial charge on any atom is -0.397 e. The molecule has 1 aromatic carbocycles. The number of pyridine rings is 2. The number of hydrogen-bond acceptors (Lipinski definition) is 4. The lowest BCUT2D eigenvalue weighted by molar-refractivity contribution is 0.102. The van der Waals surface area contributed by atoms with Crippen LogP contribution in [0.25, 0.3) is 11.3 Å². The van der Waals surface area contributed by atoms with Crippen LogP contribution in [0.4, 0.5) is 24.5 Å². The van der Waals surface area contributed by atoms with Gasteiger partial charge in [0.1, 0.15) is 17.3 Å². The number of nitrogens with one attached hydrogen (secondary N) is 1. The molecule has 5 nitrogen and oxygen atoms in total. The van der Waals surface area contributed by atoms with Crippen LogP contribution in [0.2, 0.25) is 5.02 Å². The third kappa shape index (κ3) is 3.31. The highest BCUT2D eigenvalue weighted by Crippen LogP contribution is 2.29. The summed E-state index contributed by atoms with van der Waals surface area (Å²) in [5.74, 6) is -3.96. The zero-order chi connectivity index (χ0) is 18.8. The molecule has 0 aliphatic heterocycles. The molecule has 0 aliphatic rings. The molecular weight excluding hydrogens is 369 g/mol. The number of nitrogens with two attached hydrogens (primary N) is 1. The predicted molar refractivity (Wildman–Crippen MR) is 91.2 cm³/mol. The van der Waals surface area contributed by atoms with Gasteiger partial charge in [0.05, 0.1) is 28.2 Å². The van der Waals surface area contributed by atoms with Gasteiger partial charge in [-0.1, -0.05) is 17.7 Å². The zero-order valence-electron chi connectivity index (χ0n) is 12.9. The van der Waals surface area contributed by atoms with Gasteiger partial charge in [-0.05, 0) is 18.2 Å². The molecule has 0 unspecified atom stereocenters. The first-order valence-electron chi connectivity index (χ1n) is 7.19. The third-order valence-electron chi connectivity index (χ3n) is 3.44. The van der Waals surface area contributed by atoms with Crippen LogP contribution in [-0.2, 0) is 0 Å². The van der Waals surface area contributed by atoms with Gasteiger partial charge < -0.3 is 11.1 Å². The second-order valence-electron chi connectivity index (χ2n) is 5.16. The molecule has 3 rings (SSSR count). The van der Waals surface area contributed by atoms with Crippen LogP contribution in [0.1, 0.15) is 10.5 Å². The van der Waals surface area contributed by atoms with Gasteiger partial charge in [0, 0.05) is 12.3 Å². The summed E-state index contributed by atoms with van der Waals surface area (Å²) >= 11 is 5.92. The van der Waals surface area contributed by atoms with E-state index in [2.05, 4.69) is 15.3 Å². The van der Waals surface area contributed by atoms with E-state index in [0.717, 1.165) is 24.3 Å². The minimum atomic E-state index is -1.07. The summed E-state index contributed by atoms with van der Waals surface area (Å²) < 4.78 is 42.1. The number of anilines is 2. The van der Waals surface area contributed by atoms with E-state index in [4.69, 9.17) is 17.3 Å². The molecule has 0 saturated carbocycles. The number of carbonyl (C=O) groups excluding carboxylic acids is 1. The Hall–Kier alpha value is -3.13. The lowest BCUT2D eigenvalue weighted by atomic mass is 10.1. The van der Waals surface area contributed by atoms with Gasteiger partial charge in [0.2, 0.25) is 0 Å². The molecule has 0 saturated heterocycles. The summed E-state index contributed by atoms with van der Waals surface area (Å²) in [6.45, 7) is 0. The maximum atomic E-state index is 14.2. The Balaban J connectivity index is 2.06. The quantitative estimate of drug-likeness (QED) is 0.720. The highest BCUT2D eigenvalue weighted by molar-refractivity contribution is 6.33. The van der Waals surface area contributed by atoms with Gasteiger partial charge >= 0.3 is 0 Å². The van der Waals surface area contributed by atoms with E-state index in [1.807, 2.05) is 0 Å². The van der Waals surface area contributed by atoms with Crippen molar-refractivity contribution in [2.24, 2.45) is 0 Å². The van der Waals surface area contributed by atoms with Gasteiger partial charge in [0.15, 0.2) is 11.5 Å². The molecule has 0 atom stereocenters. The van der Waals surface area contributed by atoms with Gasteiger partial charge in [-0.15, -0.1) is 0 Å². The first kappa shape index (κ1) is 17.7. The number of benzene rings is 1. The van der Waals surface area contributed by atoms with Crippen LogP contribution < -0.4 is 11.1 Å². The van der Waals surface area contributed by atoms with Crippen LogP contribution >= 0.6 is 11.6 Å². The number of nitrogens with zero attached hydrogens (tertiary/aromatic N) is 2. The zero-order valence-corrected chi connectivity index (χ0v) is 13.7. The van der Waals surface area contributed by atoms with Crippen molar-refractivity contribution in [2.75, 3.05) is 11.1 Å². The second kappa shape index (κ2) is 7.01. The average Bonchev–Trinajstić information content (AvgIpc) is 2.58. The van der Waals surface area contributed by atoms with Crippen molar-refractivity contribution in [3.8, 4) is 11.3 Å². The van der Waals surface area contributed by atoms with E-state index < -0.39 is 40.3 Å².